The van der Waals surface area contributed by atoms with Gasteiger partial charge in [0.05, 0.1) is 26.0 Å². The van der Waals surface area contributed by atoms with E-state index in [-0.39, 0.29) is 29.1 Å². The molecule has 1 aromatic rings. The van der Waals surface area contributed by atoms with Crippen LogP contribution in [0.5, 0.6) is 11.6 Å². The van der Waals surface area contributed by atoms with Crippen LogP contribution in [0.1, 0.15) is 52.3 Å². The molecule has 0 aromatic carbocycles. The summed E-state index contributed by atoms with van der Waals surface area (Å²) in [5, 5.41) is 10.5. The first kappa shape index (κ1) is 27.3. The Kier molecular flexibility index (Phi) is 11.1. The zero-order chi connectivity index (χ0) is 24.4. The molecule has 0 amide bonds. The molecular weight excluding hydrogens is 406 g/mol. The maximum Gasteiger partial charge on any atom is 0.274 e. The Morgan fingerprint density at radius 3 is 2.34 bits per heavy atom. The van der Waals surface area contributed by atoms with Gasteiger partial charge in [0.15, 0.2) is 0 Å². The van der Waals surface area contributed by atoms with E-state index in [2.05, 4.69) is 45.1 Å². The second-order valence-corrected chi connectivity index (χ2v) is 8.08. The van der Waals surface area contributed by atoms with Gasteiger partial charge in [-0.1, -0.05) is 48.5 Å². The van der Waals surface area contributed by atoms with Crippen molar-refractivity contribution in [1.82, 2.24) is 4.73 Å². The fraction of sp³-hybridized carbons (Fsp3) is 0.500. The molecule has 0 aliphatic heterocycles. The fourth-order valence-electron chi connectivity index (χ4n) is 3.70. The van der Waals surface area contributed by atoms with Crippen molar-refractivity contribution < 1.29 is 19.4 Å². The molecule has 0 aliphatic carbocycles. The number of hydrogen-bond donors (Lipinski definition) is 1. The third-order valence-corrected chi connectivity index (χ3v) is 5.65. The Morgan fingerprint density at radius 1 is 1.16 bits per heavy atom. The summed E-state index contributed by atoms with van der Waals surface area (Å²) in [4.78, 5) is 12.5. The number of pyridine rings is 1. The van der Waals surface area contributed by atoms with Gasteiger partial charge in [-0.2, -0.15) is 4.73 Å². The molecule has 0 radical (unpaired) electrons. The number of allylic oxidation sites excluding steroid dienone is 6. The number of ether oxygens (including phenoxy) is 3. The van der Waals surface area contributed by atoms with Crippen molar-refractivity contribution in [3.05, 3.63) is 68.6 Å². The van der Waals surface area contributed by atoms with Gasteiger partial charge >= 0.3 is 0 Å². The summed E-state index contributed by atoms with van der Waals surface area (Å²) in [6.45, 7) is 12.1. The van der Waals surface area contributed by atoms with E-state index in [1.165, 1.54) is 25.4 Å². The van der Waals surface area contributed by atoms with E-state index >= 15 is 0 Å². The van der Waals surface area contributed by atoms with Crippen LogP contribution in [-0.2, 0) is 11.2 Å². The van der Waals surface area contributed by atoms with E-state index in [0.717, 1.165) is 16.7 Å². The van der Waals surface area contributed by atoms with Crippen molar-refractivity contribution in [3.8, 4) is 11.6 Å². The Bertz CT molecular complexity index is 950. The standard InChI is InChI=1S/C26H39NO5/c1-10-19(4)24(30-7)20(5)16-18(3)13-11-12-17(2)14-15-22-21(6)23(28)25(31-8)26(32-9)27(22)29/h10-11,13-14,16,20,24,29H,12,15H2,1-9H3/b13-11-,17-14-,18-16-,19-10-/t20-,24+/m0/s1. The molecule has 0 unspecified atom stereocenters. The highest BCUT2D eigenvalue weighted by molar-refractivity contribution is 5.41. The lowest BCUT2D eigenvalue weighted by atomic mass is 9.95. The van der Waals surface area contributed by atoms with Crippen LogP contribution in [0.25, 0.3) is 0 Å². The largest absolute Gasteiger partial charge is 0.488 e. The number of aromatic nitrogens is 1. The molecule has 0 aliphatic rings. The predicted molar refractivity (Wildman–Crippen MR) is 130 cm³/mol. The van der Waals surface area contributed by atoms with Crippen LogP contribution >= 0.6 is 0 Å². The minimum atomic E-state index is -0.284. The number of rotatable bonds is 11. The van der Waals surface area contributed by atoms with Crippen LogP contribution < -0.4 is 14.9 Å². The smallest absolute Gasteiger partial charge is 0.274 e. The molecule has 0 saturated carbocycles. The molecule has 178 valence electrons. The molecule has 1 heterocycles. The average Bonchev–Trinajstić information content (AvgIpc) is 2.76. The van der Waals surface area contributed by atoms with Crippen molar-refractivity contribution in [1.29, 1.82) is 0 Å². The Labute approximate surface area is 192 Å². The highest BCUT2D eigenvalue weighted by Gasteiger charge is 2.20. The summed E-state index contributed by atoms with van der Waals surface area (Å²) >= 11 is 0. The van der Waals surface area contributed by atoms with Crippen LogP contribution in [0.15, 0.2) is 51.9 Å². The van der Waals surface area contributed by atoms with Gasteiger partial charge in [-0.05, 0) is 46.6 Å². The van der Waals surface area contributed by atoms with E-state index in [4.69, 9.17) is 14.2 Å². The van der Waals surface area contributed by atoms with Crippen molar-refractivity contribution in [3.63, 3.8) is 0 Å². The molecule has 2 atom stereocenters. The van der Waals surface area contributed by atoms with Crippen molar-refractivity contribution in [2.45, 2.75) is 60.5 Å². The third-order valence-electron chi connectivity index (χ3n) is 5.65. The van der Waals surface area contributed by atoms with Gasteiger partial charge in [0.25, 0.3) is 5.88 Å². The van der Waals surface area contributed by atoms with Gasteiger partial charge in [0, 0.05) is 25.0 Å². The Morgan fingerprint density at radius 2 is 1.81 bits per heavy atom. The lowest BCUT2D eigenvalue weighted by Crippen LogP contribution is -2.20. The summed E-state index contributed by atoms with van der Waals surface area (Å²) in [5.41, 5.74) is 4.15. The Balaban J connectivity index is 2.92. The highest BCUT2D eigenvalue weighted by Crippen LogP contribution is 2.25. The number of nitrogens with zero attached hydrogens (tertiary/aromatic N) is 1. The molecule has 6 heteroatoms. The Hall–Kier alpha value is -2.73. The number of methoxy groups -OCH3 is 3. The quantitative estimate of drug-likeness (QED) is 0.280. The van der Waals surface area contributed by atoms with Gasteiger partial charge in [0.1, 0.15) is 0 Å². The van der Waals surface area contributed by atoms with E-state index < -0.39 is 0 Å². The van der Waals surface area contributed by atoms with E-state index in [1.807, 2.05) is 19.9 Å². The van der Waals surface area contributed by atoms with Gasteiger partial charge in [-0.3, -0.25) is 4.79 Å². The normalized spacial score (nSPS) is 15.2. The second kappa shape index (κ2) is 13.0. The van der Waals surface area contributed by atoms with Crippen LogP contribution in [0.3, 0.4) is 0 Å². The lowest BCUT2D eigenvalue weighted by Gasteiger charge is -2.21. The molecular formula is C26H39NO5. The van der Waals surface area contributed by atoms with Crippen LogP contribution in [0.2, 0.25) is 0 Å². The van der Waals surface area contributed by atoms with Crippen molar-refractivity contribution in [2.75, 3.05) is 21.3 Å². The highest BCUT2D eigenvalue weighted by atomic mass is 16.6. The molecule has 32 heavy (non-hydrogen) atoms. The molecule has 0 saturated heterocycles. The van der Waals surface area contributed by atoms with Crippen LogP contribution in [0.4, 0.5) is 0 Å². The minimum absolute atomic E-state index is 0.00134. The van der Waals surface area contributed by atoms with Gasteiger partial charge in [0.2, 0.25) is 11.2 Å². The van der Waals surface area contributed by atoms with E-state index in [1.54, 1.807) is 14.0 Å². The maximum absolute atomic E-state index is 12.5. The third kappa shape index (κ3) is 6.89. The first-order valence-electron chi connectivity index (χ1n) is 10.8. The van der Waals surface area contributed by atoms with Crippen LogP contribution in [-0.4, -0.2) is 37.4 Å². The second-order valence-electron chi connectivity index (χ2n) is 8.08. The maximum atomic E-state index is 12.5. The zero-order valence-electron chi connectivity index (χ0n) is 21.0. The molecule has 0 spiro atoms. The summed E-state index contributed by atoms with van der Waals surface area (Å²) in [6.07, 6.45) is 11.8. The van der Waals surface area contributed by atoms with Gasteiger partial charge in [-0.15, -0.1) is 0 Å². The molecule has 1 aromatic heterocycles. The molecule has 0 fully saturated rings. The molecule has 1 rings (SSSR count). The lowest BCUT2D eigenvalue weighted by molar-refractivity contribution is 0.103. The zero-order valence-corrected chi connectivity index (χ0v) is 21.0. The molecule has 1 N–H and O–H groups in total. The number of hydrogen-bond acceptors (Lipinski definition) is 5. The van der Waals surface area contributed by atoms with Crippen molar-refractivity contribution >= 4 is 0 Å². The summed E-state index contributed by atoms with van der Waals surface area (Å²) in [7, 11) is 4.51. The van der Waals surface area contributed by atoms with Gasteiger partial charge in [-0.25, -0.2) is 0 Å². The first-order chi connectivity index (χ1) is 15.1. The summed E-state index contributed by atoms with van der Waals surface area (Å²) in [6, 6.07) is 0. The fourth-order valence-corrected chi connectivity index (χ4v) is 3.70. The van der Waals surface area contributed by atoms with E-state index in [9.17, 15) is 10.0 Å². The van der Waals surface area contributed by atoms with Gasteiger partial charge < -0.3 is 19.4 Å². The molecule has 6 nitrogen and oxygen atoms in total. The SMILES string of the molecule is C/C=C(/C)[C@@H](OC)[C@@H](C)/C=C(C)\C=C/C/C(C)=C\Cc1c(C)c(=O)c(OC)c(OC)n1O. The van der Waals surface area contributed by atoms with E-state index in [0.29, 0.717) is 17.7 Å². The predicted octanol–water partition coefficient (Wildman–Crippen LogP) is 5.41. The summed E-state index contributed by atoms with van der Waals surface area (Å²) in [5.74, 6) is 0.268. The molecule has 0 bridgehead atoms. The minimum Gasteiger partial charge on any atom is -0.488 e. The van der Waals surface area contributed by atoms with Crippen molar-refractivity contribution in [2.24, 2.45) is 5.92 Å². The van der Waals surface area contributed by atoms with Crippen LogP contribution in [0, 0.1) is 12.8 Å². The average molecular weight is 446 g/mol. The topological polar surface area (TPSA) is 69.9 Å². The monoisotopic (exact) mass is 445 g/mol. The summed E-state index contributed by atoms with van der Waals surface area (Å²) < 4.78 is 16.8. The first-order valence-corrected chi connectivity index (χ1v) is 10.8.